The summed E-state index contributed by atoms with van der Waals surface area (Å²) < 4.78 is 7.23. The minimum absolute atomic E-state index is 0.00569. The van der Waals surface area contributed by atoms with E-state index in [1.807, 2.05) is 86.4 Å². The van der Waals surface area contributed by atoms with Crippen LogP contribution in [0.3, 0.4) is 0 Å². The molecular formula is C130H236N10O8S2. The van der Waals surface area contributed by atoms with Crippen molar-refractivity contribution < 1.29 is 39.5 Å². The van der Waals surface area contributed by atoms with Gasteiger partial charge < -0.3 is 51.7 Å². The van der Waals surface area contributed by atoms with Gasteiger partial charge in [-0.3, -0.25) is 14.9 Å². The zero-order chi connectivity index (χ0) is 113. The van der Waals surface area contributed by atoms with Gasteiger partial charge in [-0.05, 0) is 337 Å². The topological polar surface area (TPSA) is 308 Å². The summed E-state index contributed by atoms with van der Waals surface area (Å²) in [5.74, 6) is 18.2. The lowest BCUT2D eigenvalue weighted by Gasteiger charge is -2.40. The third-order valence-electron chi connectivity index (χ3n) is 30.4. The van der Waals surface area contributed by atoms with E-state index in [1.165, 1.54) is 209 Å². The number of furan rings is 1. The maximum Gasteiger partial charge on any atom is 0.286 e. The Bertz CT molecular complexity index is 3860. The number of rotatable bonds is 30. The minimum Gasteiger partial charge on any atom is -0.469 e. The van der Waals surface area contributed by atoms with Gasteiger partial charge in [0.2, 0.25) is 11.9 Å². The van der Waals surface area contributed by atoms with E-state index < -0.39 is 0 Å². The Hall–Kier alpha value is -5.42. The second-order valence-corrected chi connectivity index (χ2v) is 54.0. The van der Waals surface area contributed by atoms with Crippen molar-refractivity contribution in [3.63, 3.8) is 0 Å². The predicted molar refractivity (Wildman–Crippen MR) is 646 cm³/mol. The maximum absolute atomic E-state index is 11.0. The number of nitrogens with two attached hydrogens (primary N) is 3. The average Bonchev–Trinajstić information content (AvgIpc) is 1.17. The highest BCUT2D eigenvalue weighted by Gasteiger charge is 2.35. The third kappa shape index (κ3) is 74.0. The van der Waals surface area contributed by atoms with E-state index >= 15 is 0 Å². The average molecular weight is 2130 g/mol. The molecule has 18 nitrogen and oxygen atoms in total. The molecule has 0 spiro atoms. The summed E-state index contributed by atoms with van der Waals surface area (Å²) >= 11 is 2.95. The van der Waals surface area contributed by atoms with Crippen LogP contribution in [0.15, 0.2) is 120 Å². The number of carbonyl (C=O) groups is 2. The van der Waals surface area contributed by atoms with Gasteiger partial charge in [0.05, 0.1) is 42.8 Å². The van der Waals surface area contributed by atoms with E-state index in [1.54, 1.807) is 25.0 Å². The van der Waals surface area contributed by atoms with Crippen molar-refractivity contribution in [3.05, 3.63) is 143 Å². The van der Waals surface area contributed by atoms with E-state index in [0.717, 1.165) is 170 Å². The number of nitrogen functional groups attached to an aromatic ring is 1. The third-order valence-corrected chi connectivity index (χ3v) is 32.3. The summed E-state index contributed by atoms with van der Waals surface area (Å²) in [5, 5.41) is 50.7. The number of nitrogens with zero attached hydrogens (tertiary/aromatic N) is 6. The van der Waals surface area contributed by atoms with Gasteiger partial charge in [-0.2, -0.15) is 0 Å². The molecule has 6 heterocycles. The van der Waals surface area contributed by atoms with Gasteiger partial charge >= 0.3 is 0 Å². The molecule has 7 saturated carbocycles. The Balaban J connectivity index is 0.000000808. The van der Waals surface area contributed by atoms with Gasteiger partial charge in [0.15, 0.2) is 0 Å². The first kappa shape index (κ1) is 143. The van der Waals surface area contributed by atoms with Gasteiger partial charge in [0.1, 0.15) is 12.1 Å². The molecule has 9 atom stereocenters. The quantitative estimate of drug-likeness (QED) is 0.0202. The van der Waals surface area contributed by atoms with Gasteiger partial charge in [-0.25, -0.2) is 24.9 Å². The molecule has 0 radical (unpaired) electrons. The highest BCUT2D eigenvalue weighted by molar-refractivity contribution is 8.15. The van der Waals surface area contributed by atoms with Gasteiger partial charge in [0, 0.05) is 78.6 Å². The summed E-state index contributed by atoms with van der Waals surface area (Å²) in [7, 11) is 0. The van der Waals surface area contributed by atoms with Crippen LogP contribution in [0.4, 0.5) is 10.7 Å². The summed E-state index contributed by atoms with van der Waals surface area (Å²) in [6, 6.07) is 23.3. The van der Waals surface area contributed by atoms with E-state index in [0.29, 0.717) is 83.3 Å². The molecule has 1 aliphatic heterocycles. The van der Waals surface area contributed by atoms with Crippen LogP contribution in [0.5, 0.6) is 0 Å². The number of imide groups is 1. The molecule has 150 heavy (non-hydrogen) atoms. The molecule has 8 aliphatic rings. The first-order valence-corrected chi connectivity index (χ1v) is 62.3. The molecule has 6 aromatic rings. The number of hydrogen-bond donors (Lipinski definition) is 9. The van der Waals surface area contributed by atoms with Gasteiger partial charge in [-0.1, -0.05) is 346 Å². The van der Waals surface area contributed by atoms with E-state index in [4.69, 9.17) is 26.7 Å². The van der Waals surface area contributed by atoms with Crippen LogP contribution in [-0.2, 0) is 37.0 Å². The summed E-state index contributed by atoms with van der Waals surface area (Å²) in [6.07, 6.45) is 63.1. The Kier molecular flexibility index (Phi) is 80.6. The number of thiophene rings is 1. The number of aliphatic hydroxyl groups is 5. The van der Waals surface area contributed by atoms with Crippen molar-refractivity contribution in [3.8, 4) is 0 Å². The molecule has 866 valence electrons. The number of imidazole rings is 1. The van der Waals surface area contributed by atoms with Crippen molar-refractivity contribution in [1.29, 1.82) is 0 Å². The first-order valence-electron chi connectivity index (χ1n) is 60.6. The first-order chi connectivity index (χ1) is 70.9. The number of anilines is 1. The standard InChI is InChI=1S/C12H24.C11H22O.C11H16O.2C10H21N.3C10H20O.C8H13N3.C8H12N2.C8H12O.C8H12S.C7H12N2.C7H11NO2S/c1-10(2)12(3,4)11-8-6-5-7-9-11;2*1-9(2)11(8-12)10-6-4-3-5-7-10;1-8(2)7-9-3-5-10(11)6-4-9;1-8(2)6-9-4-3-5-10(11)7-9;1-8(2)7-9-3-5-10(11)6-4-9;1-8(2)6-9-4-3-5-10(11)7-9;1-8(2)7-9-5-3-4-6-10(9)11;1-6(2)5-7-3-4-10-8(9)11-7;1-7(2)5-8-3-4-9-6-10-8;2*1-7(2)6-8-4-3-5-9-8;1-7(2)5-9-4-3-8-6-9;1-4(2)3-5-6(9)8-7(10)11-5/h10-11H,5-9H2,1-4H3;9-12H,3-8H2,1-2H3;3-7,9,11-12H,8H2,1-2H3;2*8-10H,3-7,11H2,1-2H3;3*8-11H,3-7H2,1-2H3;3-4,6H,5H2,1-2H3,(H2,9,10,11);3-4,6-7H,5H2,1-2H3;2*3-5,7H,6H2,1-2H3;3-4,6-7H,5H2,1-2H3;4-5H,3H2,1-2H3,(H,8,9,10). The summed E-state index contributed by atoms with van der Waals surface area (Å²) in [4.78, 5) is 42.9. The normalized spacial score (nSPS) is 21.8. The number of carbonyl (C=O) groups excluding carboxylic acids is 2. The van der Waals surface area contributed by atoms with Crippen LogP contribution in [0.1, 0.15) is 472 Å². The molecular weight excluding hydrogens is 1890 g/mol. The lowest BCUT2D eigenvalue weighted by Crippen LogP contribution is -2.31. The Labute approximate surface area is 930 Å². The van der Waals surface area contributed by atoms with Crippen LogP contribution in [-0.4, -0.2) is 115 Å². The van der Waals surface area contributed by atoms with Crippen molar-refractivity contribution in [2.24, 2.45) is 147 Å². The van der Waals surface area contributed by atoms with E-state index in [2.05, 4.69) is 258 Å². The number of nitrogens with one attached hydrogen (secondary N) is 1. The van der Waals surface area contributed by atoms with E-state index in [9.17, 15) is 30.0 Å². The predicted octanol–water partition coefficient (Wildman–Crippen LogP) is 33.6. The van der Waals surface area contributed by atoms with E-state index in [-0.39, 0.29) is 47.2 Å². The number of aliphatic hydroxyl groups excluding tert-OH is 5. The highest BCUT2D eigenvalue weighted by atomic mass is 32.2. The van der Waals surface area contributed by atoms with Crippen LogP contribution in [0.25, 0.3) is 0 Å². The number of amides is 2. The van der Waals surface area contributed by atoms with Gasteiger partial charge in [-0.15, -0.1) is 11.3 Å². The second kappa shape index (κ2) is 84.8. The molecule has 7 aliphatic carbocycles. The number of thioether (sulfide) groups is 1. The monoisotopic (exact) mass is 2130 g/mol. The lowest BCUT2D eigenvalue weighted by molar-refractivity contribution is -0.119. The number of aromatic nitrogens is 6. The SMILES string of the molecule is CC(C)C(C)(C)C1CCCCC1.CC(C)C(CO)C1CCCCC1.CC(C)C(CO)c1ccccc1.CC(C)CC1CCC(N)CC1.CC(C)CC1CCC(O)CC1.CC(C)CC1CCCC(N)C1.CC(C)CC1CCCC(O)C1.CC(C)CC1CCCCC1O.CC(C)CC1SC(=O)NC1=O.CC(C)Cc1ccco1.CC(C)Cc1cccs1.CC(C)Cc1ccnc(N)n1.CC(C)Cc1ccncn1.CC(C)Cn1ccnc1. The fourth-order valence-electron chi connectivity index (χ4n) is 22.0. The van der Waals surface area contributed by atoms with Crippen molar-refractivity contribution in [2.45, 2.75) is 513 Å². The number of benzene rings is 1. The van der Waals surface area contributed by atoms with Crippen LogP contribution in [0, 0.1) is 136 Å². The fraction of sp³-hybridized carbons (Fsp3) is 0.792. The van der Waals surface area contributed by atoms with Crippen LogP contribution in [0.2, 0.25) is 0 Å². The summed E-state index contributed by atoms with van der Waals surface area (Å²) in [6.45, 7) is 68.9. The number of hydrogen-bond acceptors (Lipinski definition) is 18. The lowest BCUT2D eigenvalue weighted by atomic mass is 9.65. The zero-order valence-corrected chi connectivity index (χ0v) is 103. The second-order valence-electron chi connectivity index (χ2n) is 51.8. The van der Waals surface area contributed by atoms with Crippen LogP contribution >= 0.6 is 23.1 Å². The Morgan fingerprint density at radius 1 is 0.447 bits per heavy atom. The molecule has 12 N–H and O–H groups in total. The maximum atomic E-state index is 11.0. The molecule has 9 unspecified atom stereocenters. The fourth-order valence-corrected chi connectivity index (χ4v) is 24.0. The highest BCUT2D eigenvalue weighted by Crippen LogP contribution is 2.44. The smallest absolute Gasteiger partial charge is 0.286 e. The van der Waals surface area contributed by atoms with Crippen molar-refractivity contribution >= 4 is 40.2 Å². The molecule has 5 aromatic heterocycles. The Morgan fingerprint density at radius 3 is 1.40 bits per heavy atom. The zero-order valence-electron chi connectivity index (χ0n) is 102. The molecule has 14 rings (SSSR count). The largest absolute Gasteiger partial charge is 0.469 e. The molecule has 2 amide bonds. The summed E-state index contributed by atoms with van der Waals surface area (Å²) in [5.41, 5.74) is 21.1. The molecule has 1 aromatic carbocycles. The molecule has 0 bridgehead atoms. The molecule has 20 heteroatoms. The Morgan fingerprint density at radius 2 is 0.967 bits per heavy atom. The molecule has 1 saturated heterocycles. The minimum atomic E-state index is -0.208. The van der Waals surface area contributed by atoms with Gasteiger partial charge in [0.25, 0.3) is 5.24 Å². The van der Waals surface area contributed by atoms with Crippen molar-refractivity contribution in [2.75, 3.05) is 18.9 Å². The van der Waals surface area contributed by atoms with Crippen molar-refractivity contribution in [1.82, 2.24) is 34.8 Å². The molecule has 8 fully saturated rings. The van der Waals surface area contributed by atoms with Crippen LogP contribution < -0.4 is 22.5 Å².